The van der Waals surface area contributed by atoms with Crippen LogP contribution in [0.25, 0.3) is 22.3 Å². The van der Waals surface area contributed by atoms with Gasteiger partial charge in [0.15, 0.2) is 0 Å². The molecule has 72 heavy (non-hydrogen) atoms. The van der Waals surface area contributed by atoms with Gasteiger partial charge in [-0.25, -0.2) is 9.37 Å². The maximum absolute atomic E-state index is 14.8. The van der Waals surface area contributed by atoms with Gasteiger partial charge in [-0.2, -0.15) is 10.1 Å². The first-order chi connectivity index (χ1) is 34.6. The van der Waals surface area contributed by atoms with E-state index in [0.29, 0.717) is 43.8 Å². The minimum absolute atomic E-state index is 0.0732. The minimum Gasteiger partial charge on any atom is -0.494 e. The summed E-state index contributed by atoms with van der Waals surface area (Å²) < 4.78 is 36.8. The second-order valence-electron chi connectivity index (χ2n) is 18.7. The molecule has 6 heterocycles. The first kappa shape index (κ1) is 48.6. The lowest BCUT2D eigenvalue weighted by atomic mass is 10.0. The number of methoxy groups -OCH3 is 1. The highest BCUT2D eigenvalue weighted by molar-refractivity contribution is 9.10. The van der Waals surface area contributed by atoms with E-state index in [9.17, 15) is 28.1 Å². The molecule has 3 fully saturated rings. The van der Waals surface area contributed by atoms with Gasteiger partial charge in [0.1, 0.15) is 30.6 Å². The minimum atomic E-state index is -2.86. The van der Waals surface area contributed by atoms with E-state index in [-0.39, 0.29) is 35.7 Å². The maximum Gasteiger partial charge on any atom is 0.262 e. The molecule has 1 unspecified atom stereocenters. The zero-order valence-corrected chi connectivity index (χ0v) is 42.7. The number of nitrogens with zero attached hydrogens (tertiary/aromatic N) is 9. The Morgan fingerprint density at radius 2 is 1.51 bits per heavy atom. The molecule has 3 saturated heterocycles. The number of ether oxygens (including phenoxy) is 1. The van der Waals surface area contributed by atoms with Crippen LogP contribution in [0.1, 0.15) is 33.6 Å². The number of piperazine rings is 2. The Balaban J connectivity index is 0.800. The van der Waals surface area contributed by atoms with Crippen molar-refractivity contribution in [3.05, 3.63) is 113 Å². The number of imide groups is 2. The largest absolute Gasteiger partial charge is 0.494 e. The number of carbonyl (C=O) groups excluding carboxylic acids is 4. The van der Waals surface area contributed by atoms with Crippen LogP contribution in [0.5, 0.6) is 5.75 Å². The second kappa shape index (κ2) is 19.9. The molecule has 0 radical (unpaired) electrons. The van der Waals surface area contributed by atoms with E-state index in [1.54, 1.807) is 79.8 Å². The van der Waals surface area contributed by atoms with Crippen molar-refractivity contribution in [3.63, 3.8) is 0 Å². The van der Waals surface area contributed by atoms with E-state index in [4.69, 9.17) is 9.72 Å². The molecule has 4 amide bonds. The van der Waals surface area contributed by atoms with Gasteiger partial charge in [-0.1, -0.05) is 24.3 Å². The first-order valence-electron chi connectivity index (χ1n) is 23.6. The van der Waals surface area contributed by atoms with E-state index < -0.39 is 36.8 Å². The lowest BCUT2D eigenvalue weighted by Gasteiger charge is -2.42. The molecular weight excluding hydrogens is 1010 g/mol. The molecule has 0 bridgehead atoms. The maximum atomic E-state index is 14.8. The standard InChI is InChI=1S/C51H53BrFN12O6P/c1-60-29-32(27-55-60)36-25-41(57-51-54-28-38(52)47(59-51)56-40-12-9-31(23-45(40)72(3,4)70)34-7-5-6-8-39(34)53)44(71-2)26-43(36)64-21-17-62(18-22-64)30-61-15-19-63(20-16-61)33-10-11-35-37(24-33)50(69)65(49(35)68)42-13-14-46(66)58-48(42)67/h5-12,23-29,42H,13-22,30H2,1-4H3,(H,58,66,67)(H2,54,56,57,59). The van der Waals surface area contributed by atoms with Crippen LogP contribution in [0, 0.1) is 5.82 Å². The Bertz CT molecular complexity index is 3190. The second-order valence-corrected chi connectivity index (χ2v) is 22.7. The smallest absolute Gasteiger partial charge is 0.262 e. The molecule has 18 nitrogen and oxygen atoms in total. The van der Waals surface area contributed by atoms with Crippen molar-refractivity contribution in [2.24, 2.45) is 7.05 Å². The third-order valence-electron chi connectivity index (χ3n) is 13.6. The Morgan fingerprint density at radius 1 is 0.792 bits per heavy atom. The van der Waals surface area contributed by atoms with Crippen LogP contribution in [0.15, 0.2) is 95.9 Å². The fourth-order valence-electron chi connectivity index (χ4n) is 9.81. The summed E-state index contributed by atoms with van der Waals surface area (Å²) in [6, 6.07) is 20.2. The summed E-state index contributed by atoms with van der Waals surface area (Å²) in [6.07, 6.45) is 5.64. The zero-order valence-electron chi connectivity index (χ0n) is 40.2. The summed E-state index contributed by atoms with van der Waals surface area (Å²) in [5, 5.41) is 14.0. The average Bonchev–Trinajstić information content (AvgIpc) is 3.91. The van der Waals surface area contributed by atoms with Crippen LogP contribution < -0.4 is 35.8 Å². The first-order valence-corrected chi connectivity index (χ1v) is 27.0. The predicted molar refractivity (Wildman–Crippen MR) is 278 cm³/mol. The highest BCUT2D eigenvalue weighted by Crippen LogP contribution is 2.43. The third-order valence-corrected chi connectivity index (χ3v) is 15.7. The molecule has 4 aromatic carbocycles. The van der Waals surface area contributed by atoms with Crippen LogP contribution in [0.4, 0.5) is 38.9 Å². The third kappa shape index (κ3) is 9.83. The number of benzene rings is 4. The van der Waals surface area contributed by atoms with Crippen LogP contribution in [-0.4, -0.2) is 144 Å². The van der Waals surface area contributed by atoms with E-state index >= 15 is 0 Å². The highest BCUT2D eigenvalue weighted by Gasteiger charge is 2.45. The number of nitrogens with one attached hydrogen (secondary N) is 3. The van der Waals surface area contributed by atoms with E-state index in [0.717, 1.165) is 86.4 Å². The Morgan fingerprint density at radius 3 is 2.19 bits per heavy atom. The summed E-state index contributed by atoms with van der Waals surface area (Å²) in [6.45, 7) is 10.5. The van der Waals surface area contributed by atoms with E-state index in [1.165, 1.54) is 6.07 Å². The molecule has 2 aromatic heterocycles. The van der Waals surface area contributed by atoms with Gasteiger partial charge in [-0.3, -0.25) is 43.9 Å². The van der Waals surface area contributed by atoms with Gasteiger partial charge in [0.25, 0.3) is 11.8 Å². The molecule has 3 N–H and O–H groups in total. The Kier molecular flexibility index (Phi) is 13.4. The van der Waals surface area contributed by atoms with Crippen molar-refractivity contribution < 1.29 is 32.9 Å². The molecule has 6 aromatic rings. The highest BCUT2D eigenvalue weighted by atomic mass is 79.9. The van der Waals surface area contributed by atoms with Crippen molar-refractivity contribution in [1.82, 2.24) is 39.8 Å². The summed E-state index contributed by atoms with van der Waals surface area (Å²) in [4.78, 5) is 70.9. The summed E-state index contributed by atoms with van der Waals surface area (Å²) in [7, 11) is 0.659. The number of halogens is 2. The Labute approximate surface area is 424 Å². The van der Waals surface area contributed by atoms with Crippen LogP contribution in [-0.2, 0) is 21.2 Å². The number of aromatic nitrogens is 4. The topological polar surface area (TPSA) is 190 Å². The number of anilines is 6. The number of carbonyl (C=O) groups is 4. The van der Waals surface area contributed by atoms with Crippen LogP contribution in [0.3, 0.4) is 0 Å². The summed E-state index contributed by atoms with van der Waals surface area (Å²) in [5.74, 6) is -1.10. The lowest BCUT2D eigenvalue weighted by molar-refractivity contribution is -0.136. The zero-order chi connectivity index (χ0) is 50.4. The van der Waals surface area contributed by atoms with Crippen molar-refractivity contribution in [1.29, 1.82) is 0 Å². The van der Waals surface area contributed by atoms with Crippen LogP contribution in [0.2, 0.25) is 0 Å². The molecule has 21 heteroatoms. The molecule has 10 rings (SSSR count). The fraction of sp³-hybridized carbons (Fsp3) is 0.314. The number of piperidine rings is 1. The van der Waals surface area contributed by atoms with E-state index in [1.807, 2.05) is 37.6 Å². The normalized spacial score (nSPS) is 17.9. The van der Waals surface area contributed by atoms with Gasteiger partial charge in [0.05, 0.1) is 46.9 Å². The molecule has 4 aliphatic heterocycles. The number of aryl methyl sites for hydroxylation is 1. The van der Waals surface area contributed by atoms with Crippen molar-refractivity contribution >= 4 is 86.5 Å². The number of hydrogen-bond acceptors (Lipinski definition) is 15. The number of fused-ring (bicyclic) bond motifs is 1. The molecule has 0 spiro atoms. The number of amides is 4. The van der Waals surface area contributed by atoms with Crippen molar-refractivity contribution in [3.8, 4) is 28.0 Å². The average molecular weight is 1060 g/mol. The van der Waals surface area contributed by atoms with Gasteiger partial charge in [0.2, 0.25) is 17.8 Å². The van der Waals surface area contributed by atoms with Gasteiger partial charge in [-0.05, 0) is 83.7 Å². The SMILES string of the molecule is COc1cc(N2CCN(CN3CCN(c4ccc5c(c4)C(=O)N(C4CCC(=O)NC4=O)C5=O)CC3)CC2)c(-c2cnn(C)c2)cc1Nc1ncc(Br)c(Nc2ccc(-c3ccccc3F)cc2P(C)(C)=O)n1. The van der Waals surface area contributed by atoms with Gasteiger partial charge in [0, 0.05) is 118 Å². The number of hydrogen-bond donors (Lipinski definition) is 3. The summed E-state index contributed by atoms with van der Waals surface area (Å²) in [5.41, 5.74) is 6.55. The molecule has 372 valence electrons. The molecule has 4 aliphatic rings. The fourth-order valence-corrected chi connectivity index (χ4v) is 11.3. The molecule has 0 saturated carbocycles. The van der Waals surface area contributed by atoms with Crippen molar-refractivity contribution in [2.75, 3.05) is 99.9 Å². The monoisotopic (exact) mass is 1060 g/mol. The van der Waals surface area contributed by atoms with Gasteiger partial charge in [-0.15, -0.1) is 0 Å². The summed E-state index contributed by atoms with van der Waals surface area (Å²) >= 11 is 3.59. The lowest BCUT2D eigenvalue weighted by Crippen LogP contribution is -2.54. The quantitative estimate of drug-likeness (QED) is 0.0840. The Hall–Kier alpha value is -6.99. The number of rotatable bonds is 13. The predicted octanol–water partition coefficient (Wildman–Crippen LogP) is 6.49. The van der Waals surface area contributed by atoms with Gasteiger partial charge < -0.3 is 29.7 Å². The van der Waals surface area contributed by atoms with Crippen LogP contribution >= 0.6 is 23.1 Å². The van der Waals surface area contributed by atoms with Gasteiger partial charge >= 0.3 is 0 Å². The molecule has 1 atom stereocenters. The van der Waals surface area contributed by atoms with E-state index in [2.05, 4.69) is 61.6 Å². The molecular formula is C51H53BrFN12O6P. The van der Waals surface area contributed by atoms with Crippen molar-refractivity contribution in [2.45, 2.75) is 18.9 Å². The molecule has 0 aliphatic carbocycles.